The van der Waals surface area contributed by atoms with Crippen LogP contribution in [-0.4, -0.2) is 24.1 Å². The Morgan fingerprint density at radius 1 is 1.11 bits per heavy atom. The highest BCUT2D eigenvalue weighted by molar-refractivity contribution is 5.81. The minimum atomic E-state index is 0.550. The van der Waals surface area contributed by atoms with Crippen LogP contribution in [0.25, 0.3) is 10.9 Å². The molecular formula is C15H21N3. The molecule has 3 nitrogen and oxygen atoms in total. The first kappa shape index (κ1) is 13.0. The number of aromatic nitrogens is 1. The molecule has 18 heavy (non-hydrogen) atoms. The zero-order chi connectivity index (χ0) is 12.8. The molecule has 0 radical (unpaired) electrons. The molecule has 0 aliphatic carbocycles. The highest BCUT2D eigenvalue weighted by Gasteiger charge is 2.00. The van der Waals surface area contributed by atoms with E-state index in [1.165, 1.54) is 10.9 Å². The summed E-state index contributed by atoms with van der Waals surface area (Å²) in [6.45, 7) is 7.20. The molecule has 2 N–H and O–H groups in total. The summed E-state index contributed by atoms with van der Waals surface area (Å²) in [6, 6.07) is 11.0. The van der Waals surface area contributed by atoms with Crippen LogP contribution < -0.4 is 10.6 Å². The third kappa shape index (κ3) is 3.52. The third-order valence-electron chi connectivity index (χ3n) is 2.91. The second-order valence-electron chi connectivity index (χ2n) is 4.77. The molecule has 3 heteroatoms. The lowest BCUT2D eigenvalue weighted by Gasteiger charge is -2.10. The number of fused-ring (bicyclic) bond motifs is 1. The fraction of sp³-hybridized carbons (Fsp3) is 0.400. The normalized spacial score (nSPS) is 11.3. The van der Waals surface area contributed by atoms with Crippen LogP contribution in [-0.2, 0) is 6.54 Å². The summed E-state index contributed by atoms with van der Waals surface area (Å²) in [6.07, 6.45) is 1.84. The maximum absolute atomic E-state index is 4.37. The molecule has 0 amide bonds. The van der Waals surface area contributed by atoms with Gasteiger partial charge in [-0.1, -0.05) is 32.0 Å². The van der Waals surface area contributed by atoms with Crippen LogP contribution in [0.2, 0.25) is 0 Å². The molecule has 0 atom stereocenters. The second kappa shape index (κ2) is 6.47. The van der Waals surface area contributed by atoms with Gasteiger partial charge in [0.15, 0.2) is 0 Å². The molecule has 0 fully saturated rings. The van der Waals surface area contributed by atoms with E-state index in [0.717, 1.165) is 25.2 Å². The van der Waals surface area contributed by atoms with Gasteiger partial charge in [-0.3, -0.25) is 4.98 Å². The molecule has 1 aromatic carbocycles. The summed E-state index contributed by atoms with van der Waals surface area (Å²) in [7, 11) is 0. The van der Waals surface area contributed by atoms with E-state index in [2.05, 4.69) is 53.7 Å². The van der Waals surface area contributed by atoms with Crippen LogP contribution in [0.15, 0.2) is 36.5 Å². The van der Waals surface area contributed by atoms with E-state index in [9.17, 15) is 0 Å². The van der Waals surface area contributed by atoms with Gasteiger partial charge in [0, 0.05) is 37.3 Å². The number of hydrogen-bond acceptors (Lipinski definition) is 3. The zero-order valence-corrected chi connectivity index (χ0v) is 11.1. The minimum Gasteiger partial charge on any atom is -0.313 e. The van der Waals surface area contributed by atoms with Gasteiger partial charge in [0.1, 0.15) is 0 Å². The summed E-state index contributed by atoms with van der Waals surface area (Å²) >= 11 is 0. The van der Waals surface area contributed by atoms with Crippen LogP contribution in [0.1, 0.15) is 19.4 Å². The van der Waals surface area contributed by atoms with Crippen LogP contribution >= 0.6 is 0 Å². The molecule has 1 aromatic heterocycles. The van der Waals surface area contributed by atoms with Gasteiger partial charge in [-0.15, -0.1) is 0 Å². The topological polar surface area (TPSA) is 37.0 Å². The number of nitrogens with zero attached hydrogens (tertiary/aromatic N) is 1. The van der Waals surface area contributed by atoms with Gasteiger partial charge in [0.2, 0.25) is 0 Å². The number of rotatable bonds is 6. The molecular weight excluding hydrogens is 222 g/mol. The van der Waals surface area contributed by atoms with E-state index in [-0.39, 0.29) is 0 Å². The lowest BCUT2D eigenvalue weighted by molar-refractivity contribution is 0.556. The minimum absolute atomic E-state index is 0.550. The average Bonchev–Trinajstić information content (AvgIpc) is 2.38. The average molecular weight is 243 g/mol. The van der Waals surface area contributed by atoms with E-state index in [4.69, 9.17) is 0 Å². The van der Waals surface area contributed by atoms with Gasteiger partial charge >= 0.3 is 0 Å². The summed E-state index contributed by atoms with van der Waals surface area (Å²) in [5, 5.41) is 8.09. The van der Waals surface area contributed by atoms with Crippen molar-refractivity contribution in [2.24, 2.45) is 0 Å². The first-order chi connectivity index (χ1) is 8.77. The molecule has 0 aliphatic rings. The van der Waals surface area contributed by atoms with Crippen molar-refractivity contribution >= 4 is 10.9 Å². The largest absolute Gasteiger partial charge is 0.313 e. The standard InChI is InChI=1S/C15H21N3/c1-12(2)17-10-9-16-11-13-5-3-7-15-14(13)6-4-8-18-15/h3-8,12,16-17H,9-11H2,1-2H3. The van der Waals surface area contributed by atoms with Crippen LogP contribution in [0.5, 0.6) is 0 Å². The van der Waals surface area contributed by atoms with Crippen LogP contribution in [0.4, 0.5) is 0 Å². The van der Waals surface area contributed by atoms with Crippen molar-refractivity contribution in [3.63, 3.8) is 0 Å². The summed E-state index contributed by atoms with van der Waals surface area (Å²) < 4.78 is 0. The SMILES string of the molecule is CC(C)NCCNCc1cccc2ncccc12. The molecule has 0 saturated carbocycles. The maximum Gasteiger partial charge on any atom is 0.0705 e. The second-order valence-corrected chi connectivity index (χ2v) is 4.77. The van der Waals surface area contributed by atoms with Gasteiger partial charge in [-0.25, -0.2) is 0 Å². The lowest BCUT2D eigenvalue weighted by Crippen LogP contribution is -2.31. The number of hydrogen-bond donors (Lipinski definition) is 2. The fourth-order valence-corrected chi connectivity index (χ4v) is 1.99. The molecule has 96 valence electrons. The van der Waals surface area contributed by atoms with Crippen molar-refractivity contribution in [2.75, 3.05) is 13.1 Å². The van der Waals surface area contributed by atoms with Gasteiger partial charge in [0.05, 0.1) is 5.52 Å². The summed E-state index contributed by atoms with van der Waals surface area (Å²) in [4.78, 5) is 4.37. The molecule has 0 bridgehead atoms. The van der Waals surface area contributed by atoms with Gasteiger partial charge < -0.3 is 10.6 Å². The summed E-state index contributed by atoms with van der Waals surface area (Å²) in [5.41, 5.74) is 2.38. The molecule has 2 rings (SSSR count). The zero-order valence-electron chi connectivity index (χ0n) is 11.1. The van der Waals surface area contributed by atoms with Crippen molar-refractivity contribution in [3.8, 4) is 0 Å². The Labute approximate surface area is 109 Å². The van der Waals surface area contributed by atoms with Crippen LogP contribution in [0.3, 0.4) is 0 Å². The first-order valence-corrected chi connectivity index (χ1v) is 6.54. The van der Waals surface area contributed by atoms with E-state index >= 15 is 0 Å². The predicted octanol–water partition coefficient (Wildman–Crippen LogP) is 2.32. The Bertz CT molecular complexity index is 489. The monoisotopic (exact) mass is 243 g/mol. The van der Waals surface area contributed by atoms with Crippen molar-refractivity contribution in [3.05, 3.63) is 42.1 Å². The number of benzene rings is 1. The van der Waals surface area contributed by atoms with E-state index in [1.54, 1.807) is 0 Å². The lowest BCUT2D eigenvalue weighted by atomic mass is 10.1. The highest BCUT2D eigenvalue weighted by Crippen LogP contribution is 2.15. The maximum atomic E-state index is 4.37. The van der Waals surface area contributed by atoms with Crippen molar-refractivity contribution < 1.29 is 0 Å². The Morgan fingerprint density at radius 2 is 2.00 bits per heavy atom. The van der Waals surface area contributed by atoms with E-state index in [0.29, 0.717) is 6.04 Å². The Kier molecular flexibility index (Phi) is 4.67. The molecule has 0 saturated heterocycles. The Morgan fingerprint density at radius 3 is 2.83 bits per heavy atom. The summed E-state index contributed by atoms with van der Waals surface area (Å²) in [5.74, 6) is 0. The first-order valence-electron chi connectivity index (χ1n) is 6.54. The van der Waals surface area contributed by atoms with Crippen molar-refractivity contribution in [1.82, 2.24) is 15.6 Å². The quantitative estimate of drug-likeness (QED) is 0.765. The van der Waals surface area contributed by atoms with Crippen molar-refractivity contribution in [2.45, 2.75) is 26.4 Å². The van der Waals surface area contributed by atoms with Crippen LogP contribution in [0, 0.1) is 0 Å². The molecule has 1 heterocycles. The van der Waals surface area contributed by atoms with E-state index < -0.39 is 0 Å². The Balaban J connectivity index is 1.91. The highest BCUT2D eigenvalue weighted by atomic mass is 15.0. The number of pyridine rings is 1. The van der Waals surface area contributed by atoms with Gasteiger partial charge in [-0.05, 0) is 17.7 Å². The third-order valence-corrected chi connectivity index (χ3v) is 2.91. The van der Waals surface area contributed by atoms with Gasteiger partial charge in [0.25, 0.3) is 0 Å². The molecule has 0 aliphatic heterocycles. The molecule has 0 unspecified atom stereocenters. The van der Waals surface area contributed by atoms with E-state index in [1.807, 2.05) is 12.3 Å². The predicted molar refractivity (Wildman–Crippen MR) is 76.6 cm³/mol. The number of nitrogens with one attached hydrogen (secondary N) is 2. The molecule has 2 aromatic rings. The molecule has 0 spiro atoms. The smallest absolute Gasteiger partial charge is 0.0705 e. The fourth-order valence-electron chi connectivity index (χ4n) is 1.99. The van der Waals surface area contributed by atoms with Crippen molar-refractivity contribution in [1.29, 1.82) is 0 Å². The van der Waals surface area contributed by atoms with Gasteiger partial charge in [-0.2, -0.15) is 0 Å². The Hall–Kier alpha value is -1.45.